The van der Waals surface area contributed by atoms with E-state index >= 15 is 0 Å². The van der Waals surface area contributed by atoms with Crippen molar-refractivity contribution in [2.45, 2.75) is 51.6 Å². The predicted molar refractivity (Wildman–Crippen MR) is 79.3 cm³/mol. The monoisotopic (exact) mass is 328 g/mol. The fourth-order valence-electron chi connectivity index (χ4n) is 1.82. The van der Waals surface area contributed by atoms with Crippen LogP contribution in [-0.4, -0.2) is 36.3 Å². The first-order valence-electron chi connectivity index (χ1n) is 7.21. The molecule has 1 atom stereocenters. The number of ether oxygens (including phenoxy) is 1. The highest BCUT2D eigenvalue weighted by molar-refractivity contribution is 6.40. The Bertz CT molecular complexity index is 549. The third-order valence-electron chi connectivity index (χ3n) is 2.98. The lowest BCUT2D eigenvalue weighted by Crippen LogP contribution is -2.18. The Morgan fingerprint density at radius 3 is 2.70 bits per heavy atom. The minimum absolute atomic E-state index is 0.0269. The Balaban J connectivity index is 2.54. The van der Waals surface area contributed by atoms with Gasteiger partial charge in [0.2, 0.25) is 0 Å². The van der Waals surface area contributed by atoms with Gasteiger partial charge in [-0.2, -0.15) is 13.2 Å². The van der Waals surface area contributed by atoms with Gasteiger partial charge in [-0.3, -0.25) is 4.98 Å². The lowest BCUT2D eigenvalue weighted by Gasteiger charge is -2.14. The quantitative estimate of drug-likeness (QED) is 0.543. The number of esters is 1. The van der Waals surface area contributed by atoms with Gasteiger partial charge in [0.05, 0.1) is 11.7 Å². The number of rotatable bonds is 8. The van der Waals surface area contributed by atoms with Gasteiger partial charge in [0.1, 0.15) is 13.1 Å². The van der Waals surface area contributed by atoms with Crippen LogP contribution in [-0.2, 0) is 15.9 Å². The fraction of sp³-hybridized carbons (Fsp3) is 0.533. The van der Waals surface area contributed by atoms with Crippen LogP contribution in [0.4, 0.5) is 13.2 Å². The van der Waals surface area contributed by atoms with E-state index in [0.717, 1.165) is 0 Å². The van der Waals surface area contributed by atoms with Gasteiger partial charge in [-0.15, -0.1) is 0 Å². The van der Waals surface area contributed by atoms with Crippen molar-refractivity contribution < 1.29 is 27.5 Å². The Hall–Kier alpha value is -1.86. The molecule has 0 spiro atoms. The molecule has 0 saturated heterocycles. The molecule has 0 aliphatic rings. The molecule has 1 aromatic rings. The summed E-state index contributed by atoms with van der Waals surface area (Å²) >= 11 is 0. The van der Waals surface area contributed by atoms with E-state index in [1.54, 1.807) is 7.28 Å². The first-order valence-corrected chi connectivity index (χ1v) is 7.21. The van der Waals surface area contributed by atoms with Gasteiger partial charge in [0, 0.05) is 18.3 Å². The van der Waals surface area contributed by atoms with Crippen molar-refractivity contribution in [1.29, 1.82) is 0 Å². The summed E-state index contributed by atoms with van der Waals surface area (Å²) < 4.78 is 41.4. The summed E-state index contributed by atoms with van der Waals surface area (Å²) in [5, 5.41) is 0. The lowest BCUT2D eigenvalue weighted by molar-refractivity contribution is -0.139. The first kappa shape index (κ1) is 19.2. The molecule has 125 valence electrons. The van der Waals surface area contributed by atoms with Crippen molar-refractivity contribution in [2.75, 3.05) is 0 Å². The summed E-state index contributed by atoms with van der Waals surface area (Å²) in [4.78, 5) is 26.8. The Morgan fingerprint density at radius 1 is 1.39 bits per heavy atom. The molecule has 1 rings (SSSR count). The maximum atomic E-state index is 12.1. The minimum Gasteiger partial charge on any atom is -0.459 e. The largest absolute Gasteiger partial charge is 0.459 e. The summed E-state index contributed by atoms with van der Waals surface area (Å²) in [6, 6.07) is 2.95. The van der Waals surface area contributed by atoms with Gasteiger partial charge in [0.15, 0.2) is 0 Å². The van der Waals surface area contributed by atoms with Crippen LogP contribution in [0.25, 0.3) is 0 Å². The number of carbonyl (C=O) groups excluding carboxylic acids is 2. The van der Waals surface area contributed by atoms with E-state index in [4.69, 9.17) is 4.74 Å². The molecule has 0 amide bonds. The zero-order valence-electron chi connectivity index (χ0n) is 13.0. The fourth-order valence-corrected chi connectivity index (χ4v) is 1.82. The molecule has 1 unspecified atom stereocenters. The van der Waals surface area contributed by atoms with E-state index in [0.29, 0.717) is 18.3 Å². The van der Waals surface area contributed by atoms with Gasteiger partial charge < -0.3 is 9.53 Å². The smallest absolute Gasteiger partial charge is 0.389 e. The van der Waals surface area contributed by atoms with Crippen LogP contribution in [0.15, 0.2) is 18.3 Å². The number of halogens is 3. The van der Waals surface area contributed by atoms with E-state index in [-0.39, 0.29) is 17.8 Å². The standard InChI is InChI=1S/C15H18BF3NO3/c1-10(21)8-16-9-13-7-12(4-6-20-13)14(22)23-11(2)3-5-15(17,18)19/h4,6-7,11H,3,5,8-9H2,1-2H3. The molecular formula is C15H18BF3NO3. The number of nitrogens with zero attached hydrogens (tertiary/aromatic N) is 1. The average Bonchev–Trinajstić information content (AvgIpc) is 2.44. The Labute approximate surface area is 133 Å². The van der Waals surface area contributed by atoms with Crippen LogP contribution in [0.1, 0.15) is 42.7 Å². The van der Waals surface area contributed by atoms with Gasteiger partial charge in [-0.25, -0.2) is 4.79 Å². The second-order valence-electron chi connectivity index (χ2n) is 5.30. The molecule has 4 nitrogen and oxygen atoms in total. The average molecular weight is 328 g/mol. The van der Waals surface area contributed by atoms with E-state index in [2.05, 4.69) is 4.98 Å². The van der Waals surface area contributed by atoms with Crippen molar-refractivity contribution in [3.8, 4) is 0 Å². The Kier molecular flexibility index (Phi) is 7.25. The number of carbonyl (C=O) groups is 2. The van der Waals surface area contributed by atoms with Gasteiger partial charge >= 0.3 is 12.1 Å². The van der Waals surface area contributed by atoms with E-state index < -0.39 is 24.7 Å². The molecule has 1 aromatic heterocycles. The van der Waals surface area contributed by atoms with Crippen molar-refractivity contribution >= 4 is 19.0 Å². The predicted octanol–water partition coefficient (Wildman–Crippen LogP) is 3.18. The molecule has 0 bridgehead atoms. The number of hydrogen-bond acceptors (Lipinski definition) is 4. The molecule has 0 aliphatic carbocycles. The topological polar surface area (TPSA) is 56.3 Å². The maximum Gasteiger partial charge on any atom is 0.389 e. The maximum absolute atomic E-state index is 12.1. The molecule has 0 fully saturated rings. The van der Waals surface area contributed by atoms with Crippen molar-refractivity contribution in [1.82, 2.24) is 4.98 Å². The van der Waals surface area contributed by atoms with E-state index in [1.165, 1.54) is 32.2 Å². The minimum atomic E-state index is -4.27. The molecule has 8 heteroatoms. The summed E-state index contributed by atoms with van der Waals surface area (Å²) in [7, 11) is 1.74. The van der Waals surface area contributed by atoms with Gasteiger partial charge in [-0.1, -0.05) is 0 Å². The molecule has 0 saturated carbocycles. The van der Waals surface area contributed by atoms with Crippen LogP contribution in [0.3, 0.4) is 0 Å². The molecular weight excluding hydrogens is 310 g/mol. The molecule has 23 heavy (non-hydrogen) atoms. The highest BCUT2D eigenvalue weighted by Crippen LogP contribution is 2.23. The number of hydrogen-bond donors (Lipinski definition) is 0. The van der Waals surface area contributed by atoms with Crippen molar-refractivity contribution in [2.24, 2.45) is 0 Å². The van der Waals surface area contributed by atoms with Crippen LogP contribution < -0.4 is 0 Å². The molecule has 0 aromatic carbocycles. The van der Waals surface area contributed by atoms with Crippen LogP contribution in [0.2, 0.25) is 6.32 Å². The zero-order valence-corrected chi connectivity index (χ0v) is 13.0. The van der Waals surface area contributed by atoms with E-state index in [9.17, 15) is 22.8 Å². The first-order chi connectivity index (χ1) is 10.7. The summed E-state index contributed by atoms with van der Waals surface area (Å²) in [5.41, 5.74) is 0.814. The normalized spacial score (nSPS) is 12.6. The number of ketones is 1. The lowest BCUT2D eigenvalue weighted by atomic mass is 9.68. The second-order valence-corrected chi connectivity index (χ2v) is 5.30. The zero-order chi connectivity index (χ0) is 17.5. The molecule has 1 radical (unpaired) electrons. The van der Waals surface area contributed by atoms with E-state index in [1.807, 2.05) is 0 Å². The molecule has 0 aliphatic heterocycles. The summed E-state index contributed by atoms with van der Waals surface area (Å²) in [5.74, 6) is -0.658. The van der Waals surface area contributed by atoms with Crippen LogP contribution >= 0.6 is 0 Å². The number of Topliss-reactive ketones (excluding diaryl/α,β-unsaturated/α-hetero) is 1. The van der Waals surface area contributed by atoms with Crippen molar-refractivity contribution in [3.63, 3.8) is 0 Å². The SMILES string of the molecule is CC(=O)C[B]Cc1cc(C(=O)OC(C)CCC(F)(F)F)ccn1. The Morgan fingerprint density at radius 2 is 2.09 bits per heavy atom. The summed E-state index contributed by atoms with van der Waals surface area (Å²) in [6.07, 6.45) is -4.21. The molecule has 0 N–H and O–H groups in total. The number of aromatic nitrogens is 1. The number of pyridine rings is 1. The third-order valence-corrected chi connectivity index (χ3v) is 2.98. The second kappa shape index (κ2) is 8.69. The summed E-state index contributed by atoms with van der Waals surface area (Å²) in [6.45, 7) is 2.90. The van der Waals surface area contributed by atoms with Gasteiger partial charge in [-0.05, 0) is 45.0 Å². The molecule has 1 heterocycles. The number of alkyl halides is 3. The van der Waals surface area contributed by atoms with Crippen LogP contribution in [0.5, 0.6) is 0 Å². The van der Waals surface area contributed by atoms with Crippen LogP contribution in [0, 0.1) is 0 Å². The highest BCUT2D eigenvalue weighted by Gasteiger charge is 2.28. The third kappa shape index (κ3) is 8.37. The highest BCUT2D eigenvalue weighted by atomic mass is 19.4. The van der Waals surface area contributed by atoms with Gasteiger partial charge in [0.25, 0.3) is 0 Å². The van der Waals surface area contributed by atoms with Crippen molar-refractivity contribution in [3.05, 3.63) is 29.6 Å².